The maximum atomic E-state index is 13.1. The van der Waals surface area contributed by atoms with E-state index in [0.29, 0.717) is 11.6 Å². The van der Waals surface area contributed by atoms with Gasteiger partial charge in [0.1, 0.15) is 10.6 Å². The summed E-state index contributed by atoms with van der Waals surface area (Å²) < 4.78 is 96.5. The zero-order chi connectivity index (χ0) is 25.1. The van der Waals surface area contributed by atoms with Crippen LogP contribution in [0.2, 0.25) is 0 Å². The molecular formula is C23H22F3NO5S2. The van der Waals surface area contributed by atoms with Gasteiger partial charge >= 0.3 is 16.3 Å². The molecule has 0 radical (unpaired) electrons. The summed E-state index contributed by atoms with van der Waals surface area (Å²) in [5.74, 6) is -0.157. The summed E-state index contributed by atoms with van der Waals surface area (Å²) in [6.07, 6.45) is -4.71. The van der Waals surface area contributed by atoms with E-state index >= 15 is 0 Å². The van der Waals surface area contributed by atoms with Crippen molar-refractivity contribution in [3.05, 3.63) is 90.0 Å². The Morgan fingerprint density at radius 3 is 2.06 bits per heavy atom. The summed E-state index contributed by atoms with van der Waals surface area (Å²) in [5, 5.41) is 0. The molecule has 0 spiro atoms. The van der Waals surface area contributed by atoms with E-state index in [1.807, 2.05) is 0 Å². The van der Waals surface area contributed by atoms with Crippen LogP contribution >= 0.6 is 0 Å². The third-order valence-corrected chi connectivity index (χ3v) is 8.10. The van der Waals surface area contributed by atoms with Gasteiger partial charge in [-0.2, -0.15) is 25.9 Å². The van der Waals surface area contributed by atoms with E-state index < -0.39 is 42.8 Å². The molecule has 11 heteroatoms. The molecule has 34 heavy (non-hydrogen) atoms. The van der Waals surface area contributed by atoms with Gasteiger partial charge in [0.15, 0.2) is 0 Å². The van der Waals surface area contributed by atoms with Crippen molar-refractivity contribution >= 4 is 20.1 Å². The van der Waals surface area contributed by atoms with Crippen molar-refractivity contribution in [3.63, 3.8) is 0 Å². The lowest BCUT2D eigenvalue weighted by Crippen LogP contribution is -2.36. The van der Waals surface area contributed by atoms with Crippen LogP contribution in [0.3, 0.4) is 0 Å². The predicted molar refractivity (Wildman–Crippen MR) is 120 cm³/mol. The Morgan fingerprint density at radius 2 is 1.44 bits per heavy atom. The van der Waals surface area contributed by atoms with Crippen LogP contribution in [0.1, 0.15) is 25.0 Å². The van der Waals surface area contributed by atoms with Crippen LogP contribution in [-0.2, 0) is 32.9 Å². The van der Waals surface area contributed by atoms with Crippen LogP contribution in [0.4, 0.5) is 13.2 Å². The van der Waals surface area contributed by atoms with Crippen molar-refractivity contribution in [1.82, 2.24) is 4.31 Å². The van der Waals surface area contributed by atoms with E-state index in [9.17, 15) is 30.0 Å². The second-order valence-electron chi connectivity index (χ2n) is 7.67. The van der Waals surface area contributed by atoms with Gasteiger partial charge < -0.3 is 4.18 Å². The number of benzene rings is 3. The Morgan fingerprint density at radius 1 is 0.824 bits per heavy atom. The summed E-state index contributed by atoms with van der Waals surface area (Å²) in [6, 6.07) is 16.4. The fraction of sp³-hybridized carbons (Fsp3) is 0.217. The van der Waals surface area contributed by atoms with Crippen molar-refractivity contribution in [1.29, 1.82) is 0 Å². The summed E-state index contributed by atoms with van der Waals surface area (Å²) >= 11 is 0. The molecule has 3 rings (SSSR count). The molecule has 182 valence electrons. The number of hydrogen-bond donors (Lipinski definition) is 0. The highest BCUT2D eigenvalue weighted by Crippen LogP contribution is 2.31. The summed E-state index contributed by atoms with van der Waals surface area (Å²) in [6.45, 7) is 3.34. The van der Waals surface area contributed by atoms with Crippen LogP contribution in [0.25, 0.3) is 0 Å². The van der Waals surface area contributed by atoms with Crippen molar-refractivity contribution in [2.24, 2.45) is 0 Å². The van der Waals surface area contributed by atoms with Gasteiger partial charge in [-0.25, -0.2) is 8.42 Å². The standard InChI is InChI=1S/C23H22F3NO5S2/c1-17(2)27(33(28,29)21-11-4-3-5-12-21)16-18-8-6-10-20(14-18)32-34(30,31)22-13-7-9-19(15-22)23(24,25)26/h3-15,17H,16H2,1-2H3. The van der Waals surface area contributed by atoms with E-state index in [2.05, 4.69) is 0 Å². The van der Waals surface area contributed by atoms with Crippen molar-refractivity contribution in [2.45, 2.75) is 42.4 Å². The normalized spacial score (nSPS) is 12.8. The van der Waals surface area contributed by atoms with Crippen molar-refractivity contribution < 1.29 is 34.2 Å². The zero-order valence-electron chi connectivity index (χ0n) is 18.2. The maximum absolute atomic E-state index is 13.1. The molecule has 0 amide bonds. The highest BCUT2D eigenvalue weighted by atomic mass is 32.2. The first-order valence-corrected chi connectivity index (χ1v) is 12.9. The van der Waals surface area contributed by atoms with E-state index in [4.69, 9.17) is 4.18 Å². The number of alkyl halides is 3. The Bertz CT molecular complexity index is 1360. The average molecular weight is 514 g/mol. The van der Waals surface area contributed by atoms with Gasteiger partial charge in [0.25, 0.3) is 0 Å². The molecule has 0 unspecified atom stereocenters. The first-order chi connectivity index (χ1) is 15.8. The minimum atomic E-state index is -4.71. The Balaban J connectivity index is 1.87. The maximum Gasteiger partial charge on any atom is 0.416 e. The molecule has 0 aromatic heterocycles. The third-order valence-electron chi connectivity index (χ3n) is 4.82. The second-order valence-corrected chi connectivity index (χ2v) is 11.1. The van der Waals surface area contributed by atoms with Crippen LogP contribution in [0.15, 0.2) is 88.7 Å². The predicted octanol–water partition coefficient (Wildman–Crippen LogP) is 5.07. The fourth-order valence-electron chi connectivity index (χ4n) is 3.15. The minimum absolute atomic E-state index is 0.0737. The van der Waals surface area contributed by atoms with E-state index in [1.165, 1.54) is 34.6 Å². The molecule has 0 atom stereocenters. The van der Waals surface area contributed by atoms with Crippen LogP contribution in [-0.4, -0.2) is 27.2 Å². The second kappa shape index (κ2) is 9.77. The van der Waals surface area contributed by atoms with Gasteiger partial charge in [0, 0.05) is 12.6 Å². The molecule has 0 saturated heterocycles. The van der Waals surface area contributed by atoms with Crippen molar-refractivity contribution in [2.75, 3.05) is 0 Å². The largest absolute Gasteiger partial charge is 0.416 e. The SMILES string of the molecule is CC(C)N(Cc1cccc(OS(=O)(=O)c2cccc(C(F)(F)F)c2)c1)S(=O)(=O)c1ccccc1. The van der Waals surface area contributed by atoms with Gasteiger partial charge in [-0.15, -0.1) is 0 Å². The topological polar surface area (TPSA) is 80.8 Å². The lowest BCUT2D eigenvalue weighted by molar-refractivity contribution is -0.137. The number of sulfonamides is 1. The quantitative estimate of drug-likeness (QED) is 0.393. The molecule has 0 fully saturated rings. The number of rotatable bonds is 8. The number of halogens is 3. The Labute approximate surface area is 196 Å². The first kappa shape index (κ1) is 25.7. The molecule has 0 aliphatic heterocycles. The van der Waals surface area contributed by atoms with E-state index in [-0.39, 0.29) is 17.2 Å². The van der Waals surface area contributed by atoms with Gasteiger partial charge in [-0.1, -0.05) is 36.4 Å². The molecule has 0 bridgehead atoms. The molecular weight excluding hydrogens is 491 g/mol. The monoisotopic (exact) mass is 513 g/mol. The molecule has 0 N–H and O–H groups in total. The average Bonchev–Trinajstić information content (AvgIpc) is 2.77. The number of hydrogen-bond acceptors (Lipinski definition) is 5. The fourth-order valence-corrected chi connectivity index (χ4v) is 5.77. The highest BCUT2D eigenvalue weighted by molar-refractivity contribution is 7.89. The molecule has 0 aliphatic rings. The first-order valence-electron chi connectivity index (χ1n) is 10.1. The molecule has 0 saturated carbocycles. The lowest BCUT2D eigenvalue weighted by Gasteiger charge is -2.26. The summed E-state index contributed by atoms with van der Waals surface area (Å²) in [5.41, 5.74) is -0.686. The smallest absolute Gasteiger partial charge is 0.379 e. The zero-order valence-corrected chi connectivity index (χ0v) is 19.9. The van der Waals surface area contributed by atoms with Crippen LogP contribution in [0.5, 0.6) is 5.75 Å². The Kier molecular flexibility index (Phi) is 7.39. The summed E-state index contributed by atoms with van der Waals surface area (Å²) in [4.78, 5) is -0.536. The van der Waals surface area contributed by atoms with Crippen LogP contribution < -0.4 is 4.18 Å². The minimum Gasteiger partial charge on any atom is -0.379 e. The number of nitrogens with zero attached hydrogens (tertiary/aromatic N) is 1. The van der Waals surface area contributed by atoms with E-state index in [1.54, 1.807) is 38.1 Å². The van der Waals surface area contributed by atoms with Gasteiger partial charge in [-0.3, -0.25) is 0 Å². The molecule has 6 nitrogen and oxygen atoms in total. The van der Waals surface area contributed by atoms with E-state index in [0.717, 1.165) is 18.2 Å². The lowest BCUT2D eigenvalue weighted by atomic mass is 10.2. The third kappa shape index (κ3) is 5.96. The van der Waals surface area contributed by atoms with Gasteiger partial charge in [0.2, 0.25) is 10.0 Å². The van der Waals surface area contributed by atoms with Gasteiger partial charge in [0.05, 0.1) is 10.5 Å². The van der Waals surface area contributed by atoms with Gasteiger partial charge in [-0.05, 0) is 61.9 Å². The Hall–Kier alpha value is -2.89. The highest BCUT2D eigenvalue weighted by Gasteiger charge is 2.32. The molecule has 0 heterocycles. The molecule has 3 aromatic rings. The van der Waals surface area contributed by atoms with Crippen LogP contribution in [0, 0.1) is 0 Å². The summed E-state index contributed by atoms with van der Waals surface area (Å²) in [7, 11) is -8.40. The molecule has 0 aliphatic carbocycles. The molecule has 3 aromatic carbocycles. The van der Waals surface area contributed by atoms with Crippen molar-refractivity contribution in [3.8, 4) is 5.75 Å².